The van der Waals surface area contributed by atoms with E-state index in [9.17, 15) is 0 Å². The molecule has 0 N–H and O–H groups in total. The van der Waals surface area contributed by atoms with Crippen LogP contribution in [0.3, 0.4) is 0 Å². The summed E-state index contributed by atoms with van der Waals surface area (Å²) >= 11 is 3.48. The van der Waals surface area contributed by atoms with E-state index in [0.29, 0.717) is 0 Å². The molecule has 1 heterocycles. The highest BCUT2D eigenvalue weighted by Gasteiger charge is 2.09. The number of hydrogen-bond acceptors (Lipinski definition) is 1. The van der Waals surface area contributed by atoms with E-state index >= 15 is 0 Å². The Morgan fingerprint density at radius 2 is 1.86 bits per heavy atom. The van der Waals surface area contributed by atoms with Crippen LogP contribution < -0.4 is 0 Å². The van der Waals surface area contributed by atoms with Gasteiger partial charge in [-0.05, 0) is 43.7 Å². The van der Waals surface area contributed by atoms with E-state index in [1.807, 2.05) is 18.3 Å². The Labute approximate surface area is 133 Å². The van der Waals surface area contributed by atoms with E-state index in [1.54, 1.807) is 0 Å². The third-order valence-electron chi connectivity index (χ3n) is 3.94. The highest BCUT2D eigenvalue weighted by atomic mass is 79.9. The van der Waals surface area contributed by atoms with Crippen LogP contribution in [-0.2, 0) is 7.05 Å². The average molecular weight is 341 g/mol. The Kier molecular flexibility index (Phi) is 3.68. The van der Waals surface area contributed by atoms with Gasteiger partial charge in [-0.1, -0.05) is 34.1 Å². The molecular weight excluding hydrogens is 324 g/mol. The SMILES string of the molecule is Cc1cc(Br)ccc1N=Cc1c(C)n(C)c2ccccc12. The first-order valence-electron chi connectivity index (χ1n) is 6.92. The van der Waals surface area contributed by atoms with E-state index in [0.717, 1.165) is 10.2 Å². The van der Waals surface area contributed by atoms with E-state index in [2.05, 4.69) is 76.7 Å². The third-order valence-corrected chi connectivity index (χ3v) is 4.43. The van der Waals surface area contributed by atoms with Crippen molar-refractivity contribution in [3.63, 3.8) is 0 Å². The summed E-state index contributed by atoms with van der Waals surface area (Å²) in [6, 6.07) is 14.6. The summed E-state index contributed by atoms with van der Waals surface area (Å²) in [4.78, 5) is 4.68. The van der Waals surface area contributed by atoms with Gasteiger partial charge in [0.15, 0.2) is 0 Å². The maximum atomic E-state index is 4.68. The third kappa shape index (κ3) is 2.54. The number of hydrogen-bond donors (Lipinski definition) is 0. The molecule has 0 aliphatic rings. The van der Waals surface area contributed by atoms with Gasteiger partial charge in [-0.2, -0.15) is 0 Å². The van der Waals surface area contributed by atoms with Gasteiger partial charge in [-0.15, -0.1) is 0 Å². The fourth-order valence-corrected chi connectivity index (χ4v) is 3.09. The van der Waals surface area contributed by atoms with Crippen molar-refractivity contribution in [1.82, 2.24) is 4.57 Å². The van der Waals surface area contributed by atoms with E-state index in [1.165, 1.54) is 27.7 Å². The molecule has 0 fully saturated rings. The van der Waals surface area contributed by atoms with E-state index in [-0.39, 0.29) is 0 Å². The molecule has 0 bridgehead atoms. The first-order chi connectivity index (χ1) is 10.1. The van der Waals surface area contributed by atoms with Gasteiger partial charge in [-0.3, -0.25) is 4.99 Å². The molecule has 2 aromatic carbocycles. The van der Waals surface area contributed by atoms with Crippen LogP contribution in [0.1, 0.15) is 16.8 Å². The van der Waals surface area contributed by atoms with Crippen molar-refractivity contribution in [1.29, 1.82) is 0 Å². The quantitative estimate of drug-likeness (QED) is 0.562. The minimum atomic E-state index is 1.01. The smallest absolute Gasteiger partial charge is 0.0659 e. The second kappa shape index (κ2) is 5.49. The molecule has 3 aromatic rings. The molecule has 0 aliphatic carbocycles. The maximum absolute atomic E-state index is 4.68. The van der Waals surface area contributed by atoms with Gasteiger partial charge in [0.1, 0.15) is 0 Å². The number of nitrogens with zero attached hydrogens (tertiary/aromatic N) is 2. The number of benzene rings is 2. The monoisotopic (exact) mass is 340 g/mol. The zero-order valence-corrected chi connectivity index (χ0v) is 14.0. The van der Waals surface area contributed by atoms with Crippen molar-refractivity contribution < 1.29 is 0 Å². The second-order valence-electron chi connectivity index (χ2n) is 5.26. The topological polar surface area (TPSA) is 17.3 Å². The predicted molar refractivity (Wildman–Crippen MR) is 93.8 cm³/mol. The largest absolute Gasteiger partial charge is 0.347 e. The molecule has 0 saturated heterocycles. The molecule has 21 heavy (non-hydrogen) atoms. The molecular formula is C18H17BrN2. The fraction of sp³-hybridized carbons (Fsp3) is 0.167. The lowest BCUT2D eigenvalue weighted by Gasteiger charge is -2.01. The van der Waals surface area contributed by atoms with Crippen LogP contribution in [0.4, 0.5) is 5.69 Å². The predicted octanol–water partition coefficient (Wildman–Crippen LogP) is 5.31. The summed E-state index contributed by atoms with van der Waals surface area (Å²) in [6.45, 7) is 4.21. The van der Waals surface area contributed by atoms with Crippen LogP contribution in [0.25, 0.3) is 10.9 Å². The van der Waals surface area contributed by atoms with Gasteiger partial charge in [0, 0.05) is 39.9 Å². The number of aromatic nitrogens is 1. The number of rotatable bonds is 2. The Balaban J connectivity index is 2.09. The Hall–Kier alpha value is -1.87. The van der Waals surface area contributed by atoms with Crippen LogP contribution in [0.5, 0.6) is 0 Å². The van der Waals surface area contributed by atoms with Gasteiger partial charge in [0.25, 0.3) is 0 Å². The summed E-state index contributed by atoms with van der Waals surface area (Å²) < 4.78 is 3.30. The second-order valence-corrected chi connectivity index (χ2v) is 6.18. The molecule has 0 spiro atoms. The van der Waals surface area contributed by atoms with E-state index < -0.39 is 0 Å². The van der Waals surface area contributed by atoms with Gasteiger partial charge < -0.3 is 4.57 Å². The summed E-state index contributed by atoms with van der Waals surface area (Å²) in [5.74, 6) is 0. The van der Waals surface area contributed by atoms with Crippen LogP contribution in [0.15, 0.2) is 51.9 Å². The standard InChI is InChI=1S/C18H17BrN2/c1-12-10-14(19)8-9-17(12)20-11-16-13(2)21(3)18-7-5-4-6-15(16)18/h4-11H,1-3H3. The van der Waals surface area contributed by atoms with E-state index in [4.69, 9.17) is 0 Å². The fourth-order valence-electron chi connectivity index (χ4n) is 2.61. The van der Waals surface area contributed by atoms with Gasteiger partial charge >= 0.3 is 0 Å². The zero-order chi connectivity index (χ0) is 15.0. The summed E-state index contributed by atoms with van der Waals surface area (Å²) in [5.41, 5.74) is 5.83. The van der Waals surface area contributed by atoms with Crippen molar-refractivity contribution in [2.24, 2.45) is 12.0 Å². The highest BCUT2D eigenvalue weighted by molar-refractivity contribution is 9.10. The number of fused-ring (bicyclic) bond motifs is 1. The first-order valence-corrected chi connectivity index (χ1v) is 7.71. The van der Waals surface area contributed by atoms with Gasteiger partial charge in [0.2, 0.25) is 0 Å². The minimum absolute atomic E-state index is 1.01. The normalized spacial score (nSPS) is 11.6. The molecule has 0 unspecified atom stereocenters. The van der Waals surface area contributed by atoms with Gasteiger partial charge in [0.05, 0.1) is 5.69 Å². The molecule has 106 valence electrons. The van der Waals surface area contributed by atoms with Crippen LogP contribution in [0.2, 0.25) is 0 Å². The maximum Gasteiger partial charge on any atom is 0.0659 e. The van der Waals surface area contributed by atoms with Crippen molar-refractivity contribution >= 4 is 38.7 Å². The van der Waals surface area contributed by atoms with Crippen molar-refractivity contribution in [3.8, 4) is 0 Å². The number of halogens is 1. The molecule has 0 radical (unpaired) electrons. The summed E-state index contributed by atoms with van der Waals surface area (Å²) in [6.07, 6.45) is 1.98. The lowest BCUT2D eigenvalue weighted by atomic mass is 10.1. The Morgan fingerprint density at radius 1 is 1.10 bits per heavy atom. The number of aryl methyl sites for hydroxylation is 2. The zero-order valence-electron chi connectivity index (χ0n) is 12.4. The lowest BCUT2D eigenvalue weighted by Crippen LogP contribution is -1.91. The van der Waals surface area contributed by atoms with Crippen molar-refractivity contribution in [3.05, 3.63) is 63.8 Å². The average Bonchev–Trinajstić information content (AvgIpc) is 2.71. The van der Waals surface area contributed by atoms with Crippen LogP contribution >= 0.6 is 15.9 Å². The highest BCUT2D eigenvalue weighted by Crippen LogP contribution is 2.26. The number of aliphatic imine (C=N–C) groups is 1. The van der Waals surface area contributed by atoms with Crippen molar-refractivity contribution in [2.75, 3.05) is 0 Å². The molecule has 0 saturated carbocycles. The number of para-hydroxylation sites is 1. The molecule has 0 aliphatic heterocycles. The Bertz CT molecular complexity index is 844. The van der Waals surface area contributed by atoms with Crippen LogP contribution in [0, 0.1) is 13.8 Å². The molecule has 0 atom stereocenters. The lowest BCUT2D eigenvalue weighted by molar-refractivity contribution is 0.917. The molecule has 2 nitrogen and oxygen atoms in total. The van der Waals surface area contributed by atoms with Gasteiger partial charge in [-0.25, -0.2) is 0 Å². The molecule has 0 amide bonds. The minimum Gasteiger partial charge on any atom is -0.347 e. The molecule has 3 rings (SSSR count). The molecule has 1 aromatic heterocycles. The Morgan fingerprint density at radius 3 is 2.62 bits per heavy atom. The van der Waals surface area contributed by atoms with Crippen molar-refractivity contribution in [2.45, 2.75) is 13.8 Å². The molecule has 3 heteroatoms. The van der Waals surface area contributed by atoms with Crippen LogP contribution in [-0.4, -0.2) is 10.8 Å². The first kappa shape index (κ1) is 14.1. The summed E-state index contributed by atoms with van der Waals surface area (Å²) in [7, 11) is 2.10. The summed E-state index contributed by atoms with van der Waals surface area (Å²) in [5, 5.41) is 1.25.